The fourth-order valence-corrected chi connectivity index (χ4v) is 2.14. The second kappa shape index (κ2) is 9.15. The third-order valence-electron chi connectivity index (χ3n) is 3.06. The molecule has 0 aliphatic rings. The first-order valence-electron chi connectivity index (χ1n) is 7.44. The molecule has 0 fully saturated rings. The number of carbonyl (C=O) groups is 2. The molecule has 0 saturated heterocycles. The lowest BCUT2D eigenvalue weighted by atomic mass is 10.2. The van der Waals surface area contributed by atoms with Gasteiger partial charge in [-0.15, -0.1) is 0 Å². The molecule has 0 spiro atoms. The van der Waals surface area contributed by atoms with Crippen molar-refractivity contribution in [3.8, 4) is 0 Å². The molecular formula is C16H24FN3O2. The quantitative estimate of drug-likeness (QED) is 0.772. The highest BCUT2D eigenvalue weighted by Gasteiger charge is 2.12. The third kappa shape index (κ3) is 7.17. The summed E-state index contributed by atoms with van der Waals surface area (Å²) in [5, 5.41) is 5.48. The molecule has 1 aromatic carbocycles. The van der Waals surface area contributed by atoms with Gasteiger partial charge in [-0.1, -0.05) is 19.4 Å². The normalized spacial score (nSPS) is 12.0. The van der Waals surface area contributed by atoms with E-state index in [9.17, 15) is 14.0 Å². The van der Waals surface area contributed by atoms with Crippen LogP contribution in [0.2, 0.25) is 0 Å². The average Bonchev–Trinajstić information content (AvgIpc) is 2.37. The predicted molar refractivity (Wildman–Crippen MR) is 85.0 cm³/mol. The van der Waals surface area contributed by atoms with Crippen LogP contribution in [0.4, 0.5) is 10.1 Å². The molecule has 122 valence electrons. The lowest BCUT2D eigenvalue weighted by Gasteiger charge is -2.18. The fourth-order valence-electron chi connectivity index (χ4n) is 2.14. The van der Waals surface area contributed by atoms with E-state index in [0.29, 0.717) is 5.69 Å². The Morgan fingerprint density at radius 2 is 1.95 bits per heavy atom. The first-order valence-corrected chi connectivity index (χ1v) is 7.44. The van der Waals surface area contributed by atoms with E-state index < -0.39 is 5.82 Å². The molecule has 0 saturated carbocycles. The van der Waals surface area contributed by atoms with Crippen molar-refractivity contribution in [3.63, 3.8) is 0 Å². The molecule has 0 unspecified atom stereocenters. The van der Waals surface area contributed by atoms with Gasteiger partial charge in [0.2, 0.25) is 11.8 Å². The molecule has 22 heavy (non-hydrogen) atoms. The first kappa shape index (κ1) is 18.1. The first-order chi connectivity index (χ1) is 10.4. The van der Waals surface area contributed by atoms with Crippen LogP contribution in [-0.4, -0.2) is 42.9 Å². The van der Waals surface area contributed by atoms with Crippen molar-refractivity contribution in [1.29, 1.82) is 0 Å². The van der Waals surface area contributed by atoms with Gasteiger partial charge in [0.1, 0.15) is 5.82 Å². The van der Waals surface area contributed by atoms with Gasteiger partial charge in [-0.3, -0.25) is 14.5 Å². The molecule has 2 N–H and O–H groups in total. The number of halogens is 1. The van der Waals surface area contributed by atoms with Gasteiger partial charge in [0, 0.05) is 11.7 Å². The van der Waals surface area contributed by atoms with Crippen molar-refractivity contribution in [3.05, 3.63) is 30.1 Å². The summed E-state index contributed by atoms with van der Waals surface area (Å²) in [6.45, 7) is 4.22. The molecule has 0 heterocycles. The summed E-state index contributed by atoms with van der Waals surface area (Å²) in [5.41, 5.74) is 0.402. The Balaban J connectivity index is 2.36. The maximum Gasteiger partial charge on any atom is 0.238 e. The Morgan fingerprint density at radius 1 is 1.27 bits per heavy atom. The summed E-state index contributed by atoms with van der Waals surface area (Å²) in [6, 6.07) is 5.82. The smallest absolute Gasteiger partial charge is 0.238 e. The zero-order chi connectivity index (χ0) is 16.5. The van der Waals surface area contributed by atoms with E-state index in [1.54, 1.807) is 18.0 Å². The number of anilines is 1. The average molecular weight is 309 g/mol. The highest BCUT2D eigenvalue weighted by atomic mass is 19.1. The molecule has 6 heteroatoms. The van der Waals surface area contributed by atoms with Crippen molar-refractivity contribution in [2.45, 2.75) is 32.7 Å². The number of hydrogen-bond acceptors (Lipinski definition) is 3. The molecule has 1 atom stereocenters. The predicted octanol–water partition coefficient (Wildman–Crippen LogP) is 2.00. The van der Waals surface area contributed by atoms with Crippen LogP contribution in [0.5, 0.6) is 0 Å². The second-order valence-corrected chi connectivity index (χ2v) is 5.49. The molecule has 0 aromatic heterocycles. The van der Waals surface area contributed by atoms with Crippen molar-refractivity contribution >= 4 is 17.5 Å². The molecule has 0 radical (unpaired) electrons. The van der Waals surface area contributed by atoms with Gasteiger partial charge < -0.3 is 10.6 Å². The van der Waals surface area contributed by atoms with Crippen LogP contribution in [0.15, 0.2) is 24.3 Å². The SMILES string of the molecule is CCC[C@H](C)NC(=O)CN(C)CC(=O)Nc1cccc(F)c1. The van der Waals surface area contributed by atoms with Gasteiger partial charge >= 0.3 is 0 Å². The van der Waals surface area contributed by atoms with Crippen LogP contribution in [0, 0.1) is 5.82 Å². The minimum Gasteiger partial charge on any atom is -0.353 e. The van der Waals surface area contributed by atoms with E-state index >= 15 is 0 Å². The second-order valence-electron chi connectivity index (χ2n) is 5.49. The van der Waals surface area contributed by atoms with E-state index in [4.69, 9.17) is 0 Å². The van der Waals surface area contributed by atoms with Gasteiger partial charge in [-0.2, -0.15) is 0 Å². The summed E-state index contributed by atoms with van der Waals surface area (Å²) in [6.07, 6.45) is 1.93. The monoisotopic (exact) mass is 309 g/mol. The summed E-state index contributed by atoms with van der Waals surface area (Å²) in [5.74, 6) is -0.806. The summed E-state index contributed by atoms with van der Waals surface area (Å²) < 4.78 is 13.0. The molecule has 2 amide bonds. The number of nitrogens with zero attached hydrogens (tertiary/aromatic N) is 1. The Morgan fingerprint density at radius 3 is 2.59 bits per heavy atom. The topological polar surface area (TPSA) is 61.4 Å². The van der Waals surface area contributed by atoms with Gasteiger partial charge in [0.25, 0.3) is 0 Å². The number of likely N-dealkylation sites (N-methyl/N-ethyl adjacent to an activating group) is 1. The zero-order valence-electron chi connectivity index (χ0n) is 13.4. The molecule has 0 aliphatic carbocycles. The van der Waals surface area contributed by atoms with Gasteiger partial charge in [0.05, 0.1) is 13.1 Å². The Kier molecular flexibility index (Phi) is 7.52. The molecular weight excluding hydrogens is 285 g/mol. The number of hydrogen-bond donors (Lipinski definition) is 2. The van der Waals surface area contributed by atoms with Crippen LogP contribution < -0.4 is 10.6 Å². The van der Waals surface area contributed by atoms with Crippen LogP contribution >= 0.6 is 0 Å². The lowest BCUT2D eigenvalue weighted by molar-refractivity contribution is -0.123. The molecule has 1 rings (SSSR count). The number of benzene rings is 1. The van der Waals surface area contributed by atoms with E-state index in [2.05, 4.69) is 17.6 Å². The van der Waals surface area contributed by atoms with Gasteiger partial charge in [-0.05, 0) is 38.6 Å². The molecule has 0 aliphatic heterocycles. The largest absolute Gasteiger partial charge is 0.353 e. The van der Waals surface area contributed by atoms with Crippen LogP contribution in [0.3, 0.4) is 0 Å². The van der Waals surface area contributed by atoms with Crippen LogP contribution in [0.1, 0.15) is 26.7 Å². The third-order valence-corrected chi connectivity index (χ3v) is 3.06. The van der Waals surface area contributed by atoms with Crippen molar-refractivity contribution in [1.82, 2.24) is 10.2 Å². The fraction of sp³-hybridized carbons (Fsp3) is 0.500. The lowest BCUT2D eigenvalue weighted by Crippen LogP contribution is -2.41. The number of nitrogens with one attached hydrogen (secondary N) is 2. The van der Waals surface area contributed by atoms with E-state index in [1.165, 1.54) is 18.2 Å². The highest BCUT2D eigenvalue weighted by molar-refractivity contribution is 5.92. The Bertz CT molecular complexity index is 508. The molecule has 5 nitrogen and oxygen atoms in total. The Labute approximate surface area is 130 Å². The van der Waals surface area contributed by atoms with Crippen LogP contribution in [0.25, 0.3) is 0 Å². The number of rotatable bonds is 8. The van der Waals surface area contributed by atoms with Gasteiger partial charge in [-0.25, -0.2) is 4.39 Å². The summed E-state index contributed by atoms with van der Waals surface area (Å²) in [4.78, 5) is 25.2. The minimum atomic E-state index is -0.407. The van der Waals surface area contributed by atoms with Gasteiger partial charge in [0.15, 0.2) is 0 Å². The van der Waals surface area contributed by atoms with E-state index in [-0.39, 0.29) is 30.9 Å². The summed E-state index contributed by atoms with van der Waals surface area (Å²) >= 11 is 0. The number of amides is 2. The molecule has 1 aromatic rings. The molecule has 0 bridgehead atoms. The Hall–Kier alpha value is -1.95. The van der Waals surface area contributed by atoms with Crippen molar-refractivity contribution in [2.75, 3.05) is 25.5 Å². The summed E-state index contributed by atoms with van der Waals surface area (Å²) in [7, 11) is 1.69. The minimum absolute atomic E-state index is 0.0616. The van der Waals surface area contributed by atoms with Crippen LogP contribution in [-0.2, 0) is 9.59 Å². The van der Waals surface area contributed by atoms with E-state index in [0.717, 1.165) is 12.8 Å². The maximum absolute atomic E-state index is 13.0. The zero-order valence-corrected chi connectivity index (χ0v) is 13.4. The maximum atomic E-state index is 13.0. The van der Waals surface area contributed by atoms with Crippen molar-refractivity contribution in [2.24, 2.45) is 0 Å². The standard InChI is InChI=1S/C16H24FN3O2/c1-4-6-12(2)18-15(21)10-20(3)11-16(22)19-14-8-5-7-13(17)9-14/h5,7-9,12H,4,6,10-11H2,1-3H3,(H,18,21)(H,19,22)/t12-/m0/s1. The number of carbonyl (C=O) groups excluding carboxylic acids is 2. The highest BCUT2D eigenvalue weighted by Crippen LogP contribution is 2.08. The van der Waals surface area contributed by atoms with E-state index in [1.807, 2.05) is 6.92 Å². The van der Waals surface area contributed by atoms with Crippen molar-refractivity contribution < 1.29 is 14.0 Å².